The van der Waals surface area contributed by atoms with Crippen LogP contribution >= 0.6 is 0 Å². The number of aromatic nitrogens is 1. The van der Waals surface area contributed by atoms with Crippen LogP contribution in [0.3, 0.4) is 0 Å². The molecule has 3 atom stereocenters. The maximum absolute atomic E-state index is 9.96. The van der Waals surface area contributed by atoms with Crippen molar-refractivity contribution in [1.82, 2.24) is 4.98 Å². The lowest BCUT2D eigenvalue weighted by atomic mass is 9.87. The van der Waals surface area contributed by atoms with Crippen molar-refractivity contribution < 1.29 is 15.3 Å². The van der Waals surface area contributed by atoms with E-state index in [9.17, 15) is 15.3 Å². The highest BCUT2D eigenvalue weighted by Crippen LogP contribution is 2.35. The Hall–Kier alpha value is -1.69. The zero-order chi connectivity index (χ0) is 12.9. The van der Waals surface area contributed by atoms with Crippen molar-refractivity contribution >= 4 is 16.6 Å². The largest absolute Gasteiger partial charge is 0.398 e. The van der Waals surface area contributed by atoms with Crippen molar-refractivity contribution in [2.75, 3.05) is 5.73 Å². The minimum atomic E-state index is -1.22. The molecule has 3 rings (SSSR count). The normalized spacial score (nSPS) is 27.2. The molecular weight excluding hydrogens is 232 g/mol. The second-order valence-corrected chi connectivity index (χ2v) is 4.61. The van der Waals surface area contributed by atoms with Crippen molar-refractivity contribution in [2.45, 2.75) is 24.7 Å². The van der Waals surface area contributed by atoms with Gasteiger partial charge in [-0.1, -0.05) is 18.2 Å². The Bertz CT molecular complexity index is 614. The van der Waals surface area contributed by atoms with Gasteiger partial charge in [0.05, 0.1) is 17.3 Å². The molecule has 5 N–H and O–H groups in total. The molecule has 18 heavy (non-hydrogen) atoms. The molecule has 0 saturated heterocycles. The molecule has 1 heterocycles. The SMILES string of the molecule is Nc1c2c(nc3ccccc13)C(O)C(O)C(O)C2. The molecule has 0 amide bonds. The van der Waals surface area contributed by atoms with Crippen LogP contribution < -0.4 is 5.73 Å². The van der Waals surface area contributed by atoms with Gasteiger partial charge in [0.1, 0.15) is 12.2 Å². The number of aliphatic hydroxyl groups is 3. The first kappa shape index (κ1) is 11.4. The number of hydrogen-bond donors (Lipinski definition) is 4. The van der Waals surface area contributed by atoms with E-state index in [2.05, 4.69) is 4.98 Å². The van der Waals surface area contributed by atoms with Gasteiger partial charge in [-0.2, -0.15) is 0 Å². The first-order chi connectivity index (χ1) is 8.59. The lowest BCUT2D eigenvalue weighted by Crippen LogP contribution is -2.39. The van der Waals surface area contributed by atoms with Gasteiger partial charge < -0.3 is 21.1 Å². The predicted octanol–water partition coefficient (Wildman–Crippen LogP) is 0.128. The van der Waals surface area contributed by atoms with Crippen LogP contribution in [0.4, 0.5) is 5.69 Å². The fraction of sp³-hybridized carbons (Fsp3) is 0.308. The molecular formula is C13H14N2O3. The lowest BCUT2D eigenvalue weighted by molar-refractivity contribution is -0.0701. The Morgan fingerprint density at radius 3 is 2.67 bits per heavy atom. The number of aliphatic hydroxyl groups excluding tert-OH is 3. The maximum Gasteiger partial charge on any atom is 0.125 e. The Kier molecular flexibility index (Phi) is 2.48. The van der Waals surface area contributed by atoms with Gasteiger partial charge in [-0.15, -0.1) is 0 Å². The summed E-state index contributed by atoms with van der Waals surface area (Å²) in [6.45, 7) is 0. The molecule has 1 aromatic carbocycles. The van der Waals surface area contributed by atoms with Gasteiger partial charge in [0.2, 0.25) is 0 Å². The van der Waals surface area contributed by atoms with Crippen LogP contribution in [0.15, 0.2) is 24.3 Å². The number of benzene rings is 1. The van der Waals surface area contributed by atoms with E-state index in [4.69, 9.17) is 5.73 Å². The third-order valence-electron chi connectivity index (χ3n) is 3.48. The van der Waals surface area contributed by atoms with E-state index in [-0.39, 0.29) is 6.42 Å². The minimum Gasteiger partial charge on any atom is -0.398 e. The van der Waals surface area contributed by atoms with Crippen LogP contribution in [0.25, 0.3) is 10.9 Å². The van der Waals surface area contributed by atoms with Crippen LogP contribution in [0.5, 0.6) is 0 Å². The molecule has 3 unspecified atom stereocenters. The van der Waals surface area contributed by atoms with E-state index >= 15 is 0 Å². The number of rotatable bonds is 0. The molecule has 1 aromatic heterocycles. The van der Waals surface area contributed by atoms with Crippen LogP contribution in [-0.4, -0.2) is 32.5 Å². The monoisotopic (exact) mass is 246 g/mol. The van der Waals surface area contributed by atoms with Gasteiger partial charge in [-0.05, 0) is 6.07 Å². The van der Waals surface area contributed by atoms with Crippen LogP contribution in [0, 0.1) is 0 Å². The molecule has 5 heteroatoms. The number of anilines is 1. The minimum absolute atomic E-state index is 0.206. The van der Waals surface area contributed by atoms with Crippen LogP contribution in [0.1, 0.15) is 17.4 Å². The van der Waals surface area contributed by atoms with Crippen molar-refractivity contribution in [3.05, 3.63) is 35.5 Å². The average molecular weight is 246 g/mol. The van der Waals surface area contributed by atoms with Crippen LogP contribution in [0.2, 0.25) is 0 Å². The summed E-state index contributed by atoms with van der Waals surface area (Å²) in [5.41, 5.74) is 8.25. The Morgan fingerprint density at radius 2 is 1.89 bits per heavy atom. The Morgan fingerprint density at radius 1 is 1.17 bits per heavy atom. The van der Waals surface area contributed by atoms with Crippen molar-refractivity contribution in [2.24, 2.45) is 0 Å². The predicted molar refractivity (Wildman–Crippen MR) is 66.8 cm³/mol. The van der Waals surface area contributed by atoms with Crippen LogP contribution in [-0.2, 0) is 6.42 Å². The fourth-order valence-corrected chi connectivity index (χ4v) is 2.46. The highest BCUT2D eigenvalue weighted by atomic mass is 16.4. The molecule has 5 nitrogen and oxygen atoms in total. The smallest absolute Gasteiger partial charge is 0.125 e. The molecule has 0 saturated carbocycles. The van der Waals surface area contributed by atoms with Gasteiger partial charge in [0.25, 0.3) is 0 Å². The Labute approximate surface area is 104 Å². The summed E-state index contributed by atoms with van der Waals surface area (Å²) in [7, 11) is 0. The fourth-order valence-electron chi connectivity index (χ4n) is 2.46. The van der Waals surface area contributed by atoms with Gasteiger partial charge in [0.15, 0.2) is 0 Å². The van der Waals surface area contributed by atoms with Crippen molar-refractivity contribution in [1.29, 1.82) is 0 Å². The molecule has 1 aliphatic rings. The number of fused-ring (bicyclic) bond motifs is 2. The van der Waals surface area contributed by atoms with Gasteiger partial charge in [0, 0.05) is 23.1 Å². The highest BCUT2D eigenvalue weighted by Gasteiger charge is 2.36. The van der Waals surface area contributed by atoms with E-state index < -0.39 is 18.3 Å². The van der Waals surface area contributed by atoms with E-state index in [0.717, 1.165) is 5.39 Å². The number of nitrogen functional groups attached to an aromatic ring is 1. The van der Waals surface area contributed by atoms with E-state index in [1.54, 1.807) is 6.07 Å². The second-order valence-electron chi connectivity index (χ2n) is 4.61. The lowest BCUT2D eigenvalue weighted by Gasteiger charge is -2.31. The first-order valence-electron chi connectivity index (χ1n) is 5.80. The van der Waals surface area contributed by atoms with E-state index in [0.29, 0.717) is 22.5 Å². The zero-order valence-corrected chi connectivity index (χ0v) is 9.61. The van der Waals surface area contributed by atoms with Crippen molar-refractivity contribution in [3.63, 3.8) is 0 Å². The molecule has 0 radical (unpaired) electrons. The molecule has 2 aromatic rings. The van der Waals surface area contributed by atoms with E-state index in [1.807, 2.05) is 18.2 Å². The standard InChI is InChI=1S/C13H14N2O3/c14-10-6-3-1-2-4-8(6)15-11-7(10)5-9(16)12(17)13(11)18/h1-4,9,12-13,16-18H,5H2,(H2,14,15). The molecule has 0 fully saturated rings. The third-order valence-corrected chi connectivity index (χ3v) is 3.48. The number of para-hydroxylation sites is 1. The van der Waals surface area contributed by atoms with E-state index in [1.165, 1.54) is 0 Å². The quantitative estimate of drug-likeness (QED) is 0.529. The molecule has 0 spiro atoms. The third kappa shape index (κ3) is 1.49. The summed E-state index contributed by atoms with van der Waals surface area (Å²) in [5, 5.41) is 30.1. The first-order valence-corrected chi connectivity index (χ1v) is 5.80. The van der Waals surface area contributed by atoms with Gasteiger partial charge >= 0.3 is 0 Å². The van der Waals surface area contributed by atoms with Crippen molar-refractivity contribution in [3.8, 4) is 0 Å². The number of hydrogen-bond acceptors (Lipinski definition) is 5. The molecule has 1 aliphatic carbocycles. The second kappa shape index (κ2) is 3.91. The zero-order valence-electron chi connectivity index (χ0n) is 9.61. The molecule has 0 bridgehead atoms. The molecule has 94 valence electrons. The highest BCUT2D eigenvalue weighted by molar-refractivity contribution is 5.92. The summed E-state index contributed by atoms with van der Waals surface area (Å²) in [6, 6.07) is 7.34. The maximum atomic E-state index is 9.96. The number of pyridine rings is 1. The van der Waals surface area contributed by atoms with Gasteiger partial charge in [-0.3, -0.25) is 0 Å². The topological polar surface area (TPSA) is 99.6 Å². The molecule has 0 aliphatic heterocycles. The summed E-state index contributed by atoms with van der Waals surface area (Å²) in [6.07, 6.45) is -3.23. The summed E-state index contributed by atoms with van der Waals surface area (Å²) < 4.78 is 0. The number of nitrogens with zero attached hydrogens (tertiary/aromatic N) is 1. The Balaban J connectivity index is 2.30. The summed E-state index contributed by atoms with van der Waals surface area (Å²) in [5.74, 6) is 0. The average Bonchev–Trinajstić information content (AvgIpc) is 2.38. The number of nitrogens with two attached hydrogens (primary N) is 1. The van der Waals surface area contributed by atoms with Gasteiger partial charge in [-0.25, -0.2) is 4.98 Å². The summed E-state index contributed by atoms with van der Waals surface area (Å²) >= 11 is 0. The summed E-state index contributed by atoms with van der Waals surface area (Å²) in [4.78, 5) is 4.34.